The van der Waals surface area contributed by atoms with E-state index in [2.05, 4.69) is 5.32 Å². The van der Waals surface area contributed by atoms with Gasteiger partial charge in [-0.2, -0.15) is 0 Å². The normalized spacial score (nSPS) is 21.1. The smallest absolute Gasteiger partial charge is 0.343 e. The van der Waals surface area contributed by atoms with Gasteiger partial charge < -0.3 is 14.8 Å². The van der Waals surface area contributed by atoms with E-state index in [1.54, 1.807) is 67.6 Å². The van der Waals surface area contributed by atoms with Crippen LogP contribution in [0.25, 0.3) is 0 Å². The Kier molecular flexibility index (Phi) is 9.15. The predicted octanol–water partition coefficient (Wildman–Crippen LogP) is 7.94. The average Bonchev–Trinajstić information content (AvgIpc) is 3.40. The zero-order valence-electron chi connectivity index (χ0n) is 24.9. The second-order valence-electron chi connectivity index (χ2n) is 11.1. The molecule has 0 saturated heterocycles. The number of rotatable bonds is 9. The van der Waals surface area contributed by atoms with Crippen molar-refractivity contribution in [2.75, 3.05) is 11.9 Å². The summed E-state index contributed by atoms with van der Waals surface area (Å²) in [7, 11) is 0. The van der Waals surface area contributed by atoms with E-state index in [4.69, 9.17) is 21.1 Å². The molecule has 0 aromatic heterocycles. The third kappa shape index (κ3) is 6.38. The molecular formula is C34H28ClN3O8S. The summed E-state index contributed by atoms with van der Waals surface area (Å²) in [5, 5.41) is 25.9. The van der Waals surface area contributed by atoms with Crippen molar-refractivity contribution in [3.63, 3.8) is 0 Å². The molecule has 6 rings (SSSR count). The number of halogens is 1. The molecule has 1 heterocycles. The summed E-state index contributed by atoms with van der Waals surface area (Å²) in [5.74, 6) is -1.62. The van der Waals surface area contributed by atoms with Gasteiger partial charge in [-0.1, -0.05) is 36.4 Å². The lowest BCUT2D eigenvalue weighted by atomic mass is 9.77. The molecule has 1 N–H and O–H groups in total. The highest BCUT2D eigenvalue weighted by molar-refractivity contribution is 8.00. The number of anilines is 1. The van der Waals surface area contributed by atoms with Gasteiger partial charge in [-0.15, -0.1) is 23.4 Å². The third-order valence-electron chi connectivity index (χ3n) is 8.44. The van der Waals surface area contributed by atoms with Crippen LogP contribution in [0.2, 0.25) is 0 Å². The monoisotopic (exact) mass is 673 g/mol. The molecule has 47 heavy (non-hydrogen) atoms. The minimum atomic E-state index is -0.673. The molecule has 0 unspecified atom stereocenters. The number of benzene rings is 4. The van der Waals surface area contributed by atoms with E-state index in [0.29, 0.717) is 11.3 Å². The minimum Gasteiger partial charge on any atom is -0.462 e. The lowest BCUT2D eigenvalue weighted by molar-refractivity contribution is -0.387. The van der Waals surface area contributed by atoms with Crippen molar-refractivity contribution in [3.05, 3.63) is 133 Å². The summed E-state index contributed by atoms with van der Waals surface area (Å²) >= 11 is 8.61. The van der Waals surface area contributed by atoms with Crippen molar-refractivity contribution in [3.8, 4) is 5.75 Å². The van der Waals surface area contributed by atoms with E-state index < -0.39 is 27.2 Å². The number of non-ortho nitro benzene ring substituents is 1. The molecule has 2 aliphatic rings. The summed E-state index contributed by atoms with van der Waals surface area (Å²) in [6.07, 6.45) is 0.575. The van der Waals surface area contributed by atoms with Crippen LogP contribution in [0.1, 0.15) is 57.1 Å². The van der Waals surface area contributed by atoms with Crippen molar-refractivity contribution >= 4 is 52.4 Å². The molecular weight excluding hydrogens is 646 g/mol. The van der Waals surface area contributed by atoms with Crippen LogP contribution in [0.4, 0.5) is 17.1 Å². The number of hydrogen-bond acceptors (Lipinski definition) is 10. The topological polar surface area (TPSA) is 151 Å². The average molecular weight is 674 g/mol. The van der Waals surface area contributed by atoms with Crippen molar-refractivity contribution in [2.45, 2.75) is 40.8 Å². The second kappa shape index (κ2) is 13.4. The van der Waals surface area contributed by atoms with E-state index in [1.165, 1.54) is 42.1 Å². The number of para-hydroxylation sites is 2. The van der Waals surface area contributed by atoms with Crippen LogP contribution < -0.4 is 10.1 Å². The fourth-order valence-corrected chi connectivity index (χ4v) is 8.28. The van der Waals surface area contributed by atoms with Crippen LogP contribution in [0.5, 0.6) is 5.75 Å². The first kappa shape index (κ1) is 32.0. The van der Waals surface area contributed by atoms with E-state index in [1.807, 2.05) is 0 Å². The number of thioether (sulfide) groups is 1. The molecule has 0 radical (unpaired) electrons. The fraction of sp³-hybridized carbons (Fsp3) is 0.235. The Morgan fingerprint density at radius 3 is 2.38 bits per heavy atom. The molecule has 1 aliphatic carbocycles. The Labute approximate surface area is 278 Å². The lowest BCUT2D eigenvalue weighted by Gasteiger charge is -2.38. The molecule has 240 valence electrons. The molecule has 1 saturated carbocycles. The Hall–Kier alpha value is -4.94. The minimum absolute atomic E-state index is 0.00480. The van der Waals surface area contributed by atoms with Gasteiger partial charge in [0.25, 0.3) is 11.4 Å². The molecule has 5 atom stereocenters. The second-order valence-corrected chi connectivity index (χ2v) is 12.9. The summed E-state index contributed by atoms with van der Waals surface area (Å²) in [5.41, 5.74) is 2.69. The molecule has 4 aromatic rings. The Bertz CT molecular complexity index is 1870. The van der Waals surface area contributed by atoms with Gasteiger partial charge in [0, 0.05) is 35.1 Å². The number of fused-ring (bicyclic) bond motifs is 3. The SMILES string of the molecule is CCOC(=O)c1ccccc1OC(=O)c1ccc2c(c1)[C@@H]1[C@@H](Cl)[C@@H](Sc3ccccc3[N+](=O)[O-])C[C@@H]1[C@H](c1ccc([N+](=O)[O-])cc1)N2. The van der Waals surface area contributed by atoms with Crippen molar-refractivity contribution in [2.24, 2.45) is 5.92 Å². The number of carbonyl (C=O) groups excluding carboxylic acids is 2. The number of nitrogens with one attached hydrogen (secondary N) is 1. The first-order valence-corrected chi connectivity index (χ1v) is 16.1. The van der Waals surface area contributed by atoms with Crippen LogP contribution in [0.3, 0.4) is 0 Å². The number of carbonyl (C=O) groups is 2. The zero-order chi connectivity index (χ0) is 33.2. The maximum atomic E-state index is 13.4. The standard InChI is InChI=1S/C34H28ClN3O8S/c1-2-45-34(40)22-7-3-5-9-27(22)46-33(39)20-13-16-25-23(17-20)30-24(32(36-25)19-11-14-21(15-12-19)37(41)42)18-29(31(30)35)47-28-10-6-4-8-26(28)38(43)44/h3-17,24,29-32,36H,2,18H2,1H3/t24-,29-,30-,31-,32-/m0/s1. The number of nitrogens with zero attached hydrogens (tertiary/aromatic N) is 2. The van der Waals surface area contributed by atoms with Gasteiger partial charge in [-0.05, 0) is 66.8 Å². The van der Waals surface area contributed by atoms with Gasteiger partial charge in [0.15, 0.2) is 0 Å². The quantitative estimate of drug-likeness (QED) is 0.0609. The van der Waals surface area contributed by atoms with Gasteiger partial charge in [-0.3, -0.25) is 20.2 Å². The van der Waals surface area contributed by atoms with Crippen LogP contribution in [-0.4, -0.2) is 39.0 Å². The van der Waals surface area contributed by atoms with Crippen LogP contribution in [-0.2, 0) is 4.74 Å². The van der Waals surface area contributed by atoms with E-state index in [0.717, 1.165) is 16.8 Å². The van der Waals surface area contributed by atoms with Crippen LogP contribution in [0.15, 0.2) is 95.9 Å². The number of ether oxygens (including phenoxy) is 2. The summed E-state index contributed by atoms with van der Waals surface area (Å²) in [4.78, 5) is 48.6. The van der Waals surface area contributed by atoms with E-state index in [-0.39, 0.29) is 58.0 Å². The molecule has 13 heteroatoms. The summed E-state index contributed by atoms with van der Waals surface area (Å²) in [6, 6.07) is 24.1. The third-order valence-corrected chi connectivity index (χ3v) is 10.6. The largest absolute Gasteiger partial charge is 0.462 e. The van der Waals surface area contributed by atoms with Crippen molar-refractivity contribution < 1.29 is 28.9 Å². The summed E-state index contributed by atoms with van der Waals surface area (Å²) in [6.45, 7) is 1.85. The molecule has 0 amide bonds. The van der Waals surface area contributed by atoms with Gasteiger partial charge in [0.1, 0.15) is 11.3 Å². The Balaban J connectivity index is 1.35. The number of alkyl halides is 1. The predicted molar refractivity (Wildman–Crippen MR) is 176 cm³/mol. The fourth-order valence-electron chi connectivity index (χ4n) is 6.34. The Morgan fingerprint density at radius 2 is 1.66 bits per heavy atom. The molecule has 0 bridgehead atoms. The number of hydrogen-bond donors (Lipinski definition) is 1. The highest BCUT2D eigenvalue weighted by Gasteiger charge is 2.50. The molecule has 1 aliphatic heterocycles. The number of nitro benzene ring substituents is 2. The van der Waals surface area contributed by atoms with Gasteiger partial charge >= 0.3 is 11.9 Å². The molecule has 11 nitrogen and oxygen atoms in total. The van der Waals surface area contributed by atoms with E-state index in [9.17, 15) is 29.8 Å². The van der Waals surface area contributed by atoms with Crippen molar-refractivity contribution in [1.29, 1.82) is 0 Å². The zero-order valence-corrected chi connectivity index (χ0v) is 26.5. The summed E-state index contributed by atoms with van der Waals surface area (Å²) < 4.78 is 10.8. The number of nitro groups is 2. The van der Waals surface area contributed by atoms with Gasteiger partial charge in [-0.25, -0.2) is 9.59 Å². The first-order chi connectivity index (χ1) is 22.7. The molecule has 4 aromatic carbocycles. The molecule has 0 spiro atoms. The van der Waals surface area contributed by atoms with Crippen LogP contribution in [0, 0.1) is 26.1 Å². The highest BCUT2D eigenvalue weighted by atomic mass is 35.5. The first-order valence-electron chi connectivity index (χ1n) is 14.8. The van der Waals surface area contributed by atoms with Crippen molar-refractivity contribution in [1.82, 2.24) is 0 Å². The Morgan fingerprint density at radius 1 is 0.936 bits per heavy atom. The van der Waals surface area contributed by atoms with Gasteiger partial charge in [0.05, 0.1) is 38.3 Å². The van der Waals surface area contributed by atoms with Gasteiger partial charge in [0.2, 0.25) is 0 Å². The lowest BCUT2D eigenvalue weighted by Crippen LogP contribution is -2.31. The molecule has 1 fully saturated rings. The maximum Gasteiger partial charge on any atom is 0.343 e. The number of esters is 2. The van der Waals surface area contributed by atoms with E-state index >= 15 is 0 Å². The van der Waals surface area contributed by atoms with Crippen LogP contribution >= 0.6 is 23.4 Å². The highest BCUT2D eigenvalue weighted by Crippen LogP contribution is 2.58. The maximum absolute atomic E-state index is 13.4.